The van der Waals surface area contributed by atoms with E-state index in [-0.39, 0.29) is 17.0 Å². The zero-order chi connectivity index (χ0) is 11.6. The molecule has 0 amide bonds. The summed E-state index contributed by atoms with van der Waals surface area (Å²) in [5.74, 6) is -0.549. The summed E-state index contributed by atoms with van der Waals surface area (Å²) in [7, 11) is 0. The molecule has 0 unspecified atom stereocenters. The van der Waals surface area contributed by atoms with Crippen LogP contribution < -0.4 is 4.74 Å². The summed E-state index contributed by atoms with van der Waals surface area (Å²) < 4.78 is 18.4. The molecule has 0 aliphatic carbocycles. The molecule has 0 N–H and O–H groups in total. The Morgan fingerprint density at radius 2 is 1.93 bits per heavy atom. The number of benzene rings is 1. The highest BCUT2D eigenvalue weighted by Gasteiger charge is 2.18. The maximum absolute atomic E-state index is 13.6. The number of esters is 1. The standard InChI is InChI=1S/C12H15FO2/c1-8(14)15-9-5-6-10(11(13)7-9)12(2,3)4/h5-7H,1-4H3. The topological polar surface area (TPSA) is 26.3 Å². The van der Waals surface area contributed by atoms with Gasteiger partial charge < -0.3 is 4.74 Å². The Hall–Kier alpha value is -1.38. The van der Waals surface area contributed by atoms with Crippen LogP contribution in [0.25, 0.3) is 0 Å². The zero-order valence-corrected chi connectivity index (χ0v) is 9.43. The van der Waals surface area contributed by atoms with E-state index in [9.17, 15) is 9.18 Å². The van der Waals surface area contributed by atoms with E-state index in [4.69, 9.17) is 4.74 Å². The molecule has 0 aliphatic heterocycles. The van der Waals surface area contributed by atoms with E-state index in [0.29, 0.717) is 5.56 Å². The summed E-state index contributed by atoms with van der Waals surface area (Å²) in [6.07, 6.45) is 0. The van der Waals surface area contributed by atoms with Gasteiger partial charge in [0.25, 0.3) is 0 Å². The van der Waals surface area contributed by atoms with Crippen LogP contribution in [0.4, 0.5) is 4.39 Å². The van der Waals surface area contributed by atoms with Crippen molar-refractivity contribution in [1.29, 1.82) is 0 Å². The van der Waals surface area contributed by atoms with Crippen molar-refractivity contribution in [3.8, 4) is 5.75 Å². The molecule has 82 valence electrons. The summed E-state index contributed by atoms with van der Waals surface area (Å²) >= 11 is 0. The number of ether oxygens (including phenoxy) is 1. The molecule has 1 aromatic rings. The van der Waals surface area contributed by atoms with E-state index in [2.05, 4.69) is 0 Å². The highest BCUT2D eigenvalue weighted by atomic mass is 19.1. The lowest BCUT2D eigenvalue weighted by Crippen LogP contribution is -2.13. The molecule has 0 saturated carbocycles. The molecule has 0 spiro atoms. The van der Waals surface area contributed by atoms with Gasteiger partial charge in [0.05, 0.1) is 0 Å². The number of carbonyl (C=O) groups is 1. The van der Waals surface area contributed by atoms with E-state index < -0.39 is 5.97 Å². The highest BCUT2D eigenvalue weighted by Crippen LogP contribution is 2.27. The van der Waals surface area contributed by atoms with Gasteiger partial charge in [-0.15, -0.1) is 0 Å². The van der Waals surface area contributed by atoms with Crippen LogP contribution in [0.3, 0.4) is 0 Å². The van der Waals surface area contributed by atoms with E-state index in [1.54, 1.807) is 12.1 Å². The predicted octanol–water partition coefficient (Wildman–Crippen LogP) is 3.05. The average Bonchev–Trinajstić information content (AvgIpc) is 1.99. The number of hydrogen-bond donors (Lipinski definition) is 0. The van der Waals surface area contributed by atoms with Crippen molar-refractivity contribution >= 4 is 5.97 Å². The van der Waals surface area contributed by atoms with Gasteiger partial charge in [0, 0.05) is 13.0 Å². The third-order valence-electron chi connectivity index (χ3n) is 2.01. The molecular weight excluding hydrogens is 195 g/mol. The van der Waals surface area contributed by atoms with Crippen LogP contribution in [0, 0.1) is 5.82 Å². The van der Waals surface area contributed by atoms with Crippen molar-refractivity contribution < 1.29 is 13.9 Å². The Balaban J connectivity index is 3.04. The Morgan fingerprint density at radius 1 is 1.33 bits per heavy atom. The van der Waals surface area contributed by atoms with E-state index in [0.717, 1.165) is 0 Å². The normalized spacial score (nSPS) is 11.3. The van der Waals surface area contributed by atoms with Gasteiger partial charge in [0.15, 0.2) is 0 Å². The van der Waals surface area contributed by atoms with Crippen LogP contribution in [0.1, 0.15) is 33.3 Å². The van der Waals surface area contributed by atoms with Crippen molar-refractivity contribution in [3.05, 3.63) is 29.6 Å². The second kappa shape index (κ2) is 4.01. The van der Waals surface area contributed by atoms with Gasteiger partial charge in [0.2, 0.25) is 0 Å². The quantitative estimate of drug-likeness (QED) is 0.526. The van der Waals surface area contributed by atoms with Crippen LogP contribution in [0.5, 0.6) is 5.75 Å². The fraction of sp³-hybridized carbons (Fsp3) is 0.417. The SMILES string of the molecule is CC(=O)Oc1ccc(C(C)(C)C)c(F)c1. The molecule has 0 aliphatic rings. The maximum Gasteiger partial charge on any atom is 0.308 e. The smallest absolute Gasteiger partial charge is 0.308 e. The van der Waals surface area contributed by atoms with Crippen LogP contribution >= 0.6 is 0 Å². The van der Waals surface area contributed by atoms with Crippen molar-refractivity contribution in [3.63, 3.8) is 0 Å². The van der Waals surface area contributed by atoms with Crippen molar-refractivity contribution in [1.82, 2.24) is 0 Å². The van der Waals surface area contributed by atoms with Gasteiger partial charge in [-0.3, -0.25) is 4.79 Å². The Labute approximate surface area is 89.1 Å². The molecule has 15 heavy (non-hydrogen) atoms. The first-order valence-corrected chi connectivity index (χ1v) is 4.79. The number of hydrogen-bond acceptors (Lipinski definition) is 2. The Morgan fingerprint density at radius 3 is 2.33 bits per heavy atom. The molecule has 0 bridgehead atoms. The van der Waals surface area contributed by atoms with Gasteiger partial charge >= 0.3 is 5.97 Å². The van der Waals surface area contributed by atoms with Crippen LogP contribution in [0.15, 0.2) is 18.2 Å². The second-order valence-electron chi connectivity index (χ2n) is 4.49. The Kier molecular flexibility index (Phi) is 3.12. The largest absolute Gasteiger partial charge is 0.427 e. The third-order valence-corrected chi connectivity index (χ3v) is 2.01. The minimum Gasteiger partial charge on any atom is -0.427 e. The molecule has 0 aromatic heterocycles. The molecule has 0 saturated heterocycles. The van der Waals surface area contributed by atoms with Gasteiger partial charge in [-0.1, -0.05) is 26.8 Å². The van der Waals surface area contributed by atoms with Gasteiger partial charge in [0.1, 0.15) is 11.6 Å². The van der Waals surface area contributed by atoms with Crippen LogP contribution in [0.2, 0.25) is 0 Å². The zero-order valence-electron chi connectivity index (χ0n) is 9.43. The second-order valence-corrected chi connectivity index (χ2v) is 4.49. The number of rotatable bonds is 1. The number of halogens is 1. The fourth-order valence-electron chi connectivity index (χ4n) is 1.33. The lowest BCUT2D eigenvalue weighted by Gasteiger charge is -2.19. The molecule has 0 fully saturated rings. The molecule has 0 radical (unpaired) electrons. The van der Waals surface area contributed by atoms with Gasteiger partial charge in [-0.25, -0.2) is 4.39 Å². The summed E-state index contributed by atoms with van der Waals surface area (Å²) in [6, 6.07) is 4.49. The van der Waals surface area contributed by atoms with Crippen molar-refractivity contribution in [2.45, 2.75) is 33.1 Å². The lowest BCUT2D eigenvalue weighted by molar-refractivity contribution is -0.131. The first-order chi connectivity index (χ1) is 6.80. The first kappa shape index (κ1) is 11.7. The molecule has 1 aromatic carbocycles. The summed E-state index contributed by atoms with van der Waals surface area (Å²) in [5.41, 5.74) is 0.358. The van der Waals surface area contributed by atoms with Gasteiger partial charge in [-0.05, 0) is 17.0 Å². The average molecular weight is 210 g/mol. The molecule has 2 nitrogen and oxygen atoms in total. The van der Waals surface area contributed by atoms with E-state index in [1.807, 2.05) is 20.8 Å². The van der Waals surface area contributed by atoms with E-state index >= 15 is 0 Å². The molecule has 0 heterocycles. The number of carbonyl (C=O) groups excluding carboxylic acids is 1. The molecule has 0 atom stereocenters. The highest BCUT2D eigenvalue weighted by molar-refractivity contribution is 5.69. The summed E-state index contributed by atoms with van der Waals surface area (Å²) in [4.78, 5) is 10.7. The lowest BCUT2D eigenvalue weighted by atomic mass is 9.87. The molecule has 1 rings (SSSR count). The van der Waals surface area contributed by atoms with Crippen molar-refractivity contribution in [2.75, 3.05) is 0 Å². The van der Waals surface area contributed by atoms with Crippen LogP contribution in [-0.2, 0) is 10.2 Å². The molecule has 3 heteroatoms. The fourth-order valence-corrected chi connectivity index (χ4v) is 1.33. The minimum atomic E-state index is -0.446. The summed E-state index contributed by atoms with van der Waals surface area (Å²) in [6.45, 7) is 7.07. The minimum absolute atomic E-state index is 0.244. The maximum atomic E-state index is 13.6. The van der Waals surface area contributed by atoms with E-state index in [1.165, 1.54) is 13.0 Å². The summed E-state index contributed by atoms with van der Waals surface area (Å²) in [5, 5.41) is 0. The van der Waals surface area contributed by atoms with Crippen molar-refractivity contribution in [2.24, 2.45) is 0 Å². The van der Waals surface area contributed by atoms with Gasteiger partial charge in [-0.2, -0.15) is 0 Å². The predicted molar refractivity (Wildman–Crippen MR) is 56.4 cm³/mol. The molecular formula is C12H15FO2. The first-order valence-electron chi connectivity index (χ1n) is 4.79. The third kappa shape index (κ3) is 3.05. The van der Waals surface area contributed by atoms with Crippen LogP contribution in [-0.4, -0.2) is 5.97 Å². The monoisotopic (exact) mass is 210 g/mol. The Bertz CT molecular complexity index is 378.